The molecule has 3 rings (SSSR count). The molecule has 0 aliphatic carbocycles. The number of hydrogen-bond donors (Lipinski definition) is 2. The highest BCUT2D eigenvalue weighted by atomic mass is 32.2. The molecule has 170 valence electrons. The first-order chi connectivity index (χ1) is 15.9. The van der Waals surface area contributed by atoms with Crippen LogP contribution in [0.15, 0.2) is 94.9 Å². The van der Waals surface area contributed by atoms with Gasteiger partial charge in [-0.1, -0.05) is 73.7 Å². The molecule has 8 nitrogen and oxygen atoms in total. The third-order valence-corrected chi connectivity index (χ3v) is 5.98. The lowest BCUT2D eigenvalue weighted by atomic mass is 10.0. The summed E-state index contributed by atoms with van der Waals surface area (Å²) in [5.74, 6) is -1.46. The fourth-order valence-corrected chi connectivity index (χ4v) is 4.00. The van der Waals surface area contributed by atoms with Gasteiger partial charge >= 0.3 is 5.97 Å². The van der Waals surface area contributed by atoms with E-state index in [9.17, 15) is 18.0 Å². The van der Waals surface area contributed by atoms with Crippen molar-refractivity contribution in [1.82, 2.24) is 10.1 Å². The van der Waals surface area contributed by atoms with Crippen molar-refractivity contribution in [1.29, 1.82) is 0 Å². The number of rotatable bonds is 9. The Morgan fingerprint density at radius 1 is 0.848 bits per heavy atom. The van der Waals surface area contributed by atoms with Gasteiger partial charge in [0.15, 0.2) is 6.61 Å². The molecule has 0 saturated carbocycles. The van der Waals surface area contributed by atoms with E-state index in [4.69, 9.17) is 4.74 Å². The van der Waals surface area contributed by atoms with E-state index in [1.54, 1.807) is 6.92 Å². The summed E-state index contributed by atoms with van der Waals surface area (Å²) in [6, 6.07) is 24.1. The monoisotopic (exact) mass is 465 g/mol. The van der Waals surface area contributed by atoms with E-state index in [1.165, 1.54) is 24.3 Å². The molecule has 0 fully saturated rings. The molecule has 0 unspecified atom stereocenters. The van der Waals surface area contributed by atoms with Gasteiger partial charge in [-0.2, -0.15) is 5.10 Å². The molecule has 2 N–H and O–H groups in total. The third kappa shape index (κ3) is 6.58. The SMILES string of the molecule is CCNS(=O)(=O)c1cccc(C(=O)OCC(=O)NN=C(c2ccccc2)c2ccccc2)c1. The molecule has 0 aliphatic rings. The van der Waals surface area contributed by atoms with Gasteiger partial charge in [0, 0.05) is 17.7 Å². The summed E-state index contributed by atoms with van der Waals surface area (Å²) < 4.78 is 31.6. The van der Waals surface area contributed by atoms with E-state index in [0.717, 1.165) is 11.1 Å². The lowest BCUT2D eigenvalue weighted by Crippen LogP contribution is -2.26. The van der Waals surface area contributed by atoms with Crippen molar-refractivity contribution in [2.24, 2.45) is 5.10 Å². The molecule has 0 saturated heterocycles. The lowest BCUT2D eigenvalue weighted by Gasteiger charge is -2.09. The van der Waals surface area contributed by atoms with E-state index in [-0.39, 0.29) is 17.0 Å². The highest BCUT2D eigenvalue weighted by Crippen LogP contribution is 2.13. The Kier molecular flexibility index (Phi) is 8.06. The Bertz CT molecular complexity index is 1200. The molecule has 3 aromatic carbocycles. The van der Waals surface area contributed by atoms with Crippen LogP contribution in [-0.2, 0) is 19.6 Å². The molecular formula is C24H23N3O5S. The highest BCUT2D eigenvalue weighted by Gasteiger charge is 2.17. The average molecular weight is 466 g/mol. The van der Waals surface area contributed by atoms with Gasteiger partial charge in [0.2, 0.25) is 10.0 Å². The Morgan fingerprint density at radius 2 is 1.42 bits per heavy atom. The maximum atomic E-state index is 12.3. The minimum atomic E-state index is -3.72. The number of benzene rings is 3. The number of ether oxygens (including phenoxy) is 1. The Morgan fingerprint density at radius 3 is 2.00 bits per heavy atom. The van der Waals surface area contributed by atoms with Crippen LogP contribution in [0.2, 0.25) is 0 Å². The van der Waals surface area contributed by atoms with E-state index in [2.05, 4.69) is 15.2 Å². The summed E-state index contributed by atoms with van der Waals surface area (Å²) in [4.78, 5) is 24.5. The van der Waals surface area contributed by atoms with Crippen molar-refractivity contribution < 1.29 is 22.7 Å². The molecule has 0 atom stereocenters. The highest BCUT2D eigenvalue weighted by molar-refractivity contribution is 7.89. The number of hydrazone groups is 1. The average Bonchev–Trinajstić information content (AvgIpc) is 2.84. The lowest BCUT2D eigenvalue weighted by molar-refractivity contribution is -0.124. The largest absolute Gasteiger partial charge is 0.452 e. The molecule has 33 heavy (non-hydrogen) atoms. The third-order valence-electron chi connectivity index (χ3n) is 4.44. The van der Waals surface area contributed by atoms with Crippen LogP contribution >= 0.6 is 0 Å². The Hall–Kier alpha value is -3.82. The number of nitrogens with zero attached hydrogens (tertiary/aromatic N) is 1. The summed E-state index contributed by atoms with van der Waals surface area (Å²) in [6.45, 7) is 1.28. The van der Waals surface area contributed by atoms with Crippen LogP contribution in [0.3, 0.4) is 0 Å². The molecule has 0 aromatic heterocycles. The zero-order valence-corrected chi connectivity index (χ0v) is 18.7. The number of sulfonamides is 1. The van der Waals surface area contributed by atoms with Gasteiger partial charge in [0.1, 0.15) is 0 Å². The number of carbonyl (C=O) groups excluding carboxylic acids is 2. The van der Waals surface area contributed by atoms with E-state index >= 15 is 0 Å². The zero-order valence-electron chi connectivity index (χ0n) is 17.9. The second-order valence-electron chi connectivity index (χ2n) is 6.83. The van der Waals surface area contributed by atoms with E-state index in [0.29, 0.717) is 5.71 Å². The van der Waals surface area contributed by atoms with Crippen molar-refractivity contribution in [2.75, 3.05) is 13.2 Å². The molecule has 0 spiro atoms. The maximum Gasteiger partial charge on any atom is 0.338 e. The van der Waals surface area contributed by atoms with E-state index < -0.39 is 28.5 Å². The second kappa shape index (κ2) is 11.2. The van der Waals surface area contributed by atoms with Crippen molar-refractivity contribution in [3.63, 3.8) is 0 Å². The smallest absolute Gasteiger partial charge is 0.338 e. The summed E-state index contributed by atoms with van der Waals surface area (Å²) in [7, 11) is -3.72. The number of carbonyl (C=O) groups is 2. The quantitative estimate of drug-likeness (QED) is 0.287. The van der Waals surface area contributed by atoms with Gasteiger partial charge in [0.05, 0.1) is 16.2 Å². The van der Waals surface area contributed by atoms with Crippen LogP contribution in [0.4, 0.5) is 0 Å². The first kappa shape index (κ1) is 23.8. The predicted molar refractivity (Wildman–Crippen MR) is 124 cm³/mol. The summed E-state index contributed by atoms with van der Waals surface area (Å²) >= 11 is 0. The number of nitrogens with one attached hydrogen (secondary N) is 2. The van der Waals surface area contributed by atoms with Crippen LogP contribution in [0.5, 0.6) is 0 Å². The molecule has 1 amide bonds. The van der Waals surface area contributed by atoms with Crippen molar-refractivity contribution >= 4 is 27.6 Å². The Labute approximate surface area is 192 Å². The standard InChI is InChI=1S/C24H23N3O5S/c1-2-25-33(30,31)21-15-9-14-20(16-21)24(29)32-17-22(28)26-27-23(18-10-5-3-6-11-18)19-12-7-4-8-13-19/h3-16,25H,2,17H2,1H3,(H,26,28). The van der Waals surface area contributed by atoms with Gasteiger partial charge in [0.25, 0.3) is 5.91 Å². The van der Waals surface area contributed by atoms with Crippen LogP contribution in [0, 0.1) is 0 Å². The molecule has 0 aliphatic heterocycles. The van der Waals surface area contributed by atoms with Crippen LogP contribution in [0.25, 0.3) is 0 Å². The summed E-state index contributed by atoms with van der Waals surface area (Å²) in [5, 5.41) is 4.22. The van der Waals surface area contributed by atoms with Crippen LogP contribution in [-0.4, -0.2) is 39.2 Å². The van der Waals surface area contributed by atoms with Crippen LogP contribution < -0.4 is 10.1 Å². The number of amides is 1. The zero-order chi connectivity index (χ0) is 23.7. The van der Waals surface area contributed by atoms with Gasteiger partial charge in [-0.3, -0.25) is 4.79 Å². The normalized spacial score (nSPS) is 10.8. The van der Waals surface area contributed by atoms with Gasteiger partial charge < -0.3 is 4.74 Å². The first-order valence-corrected chi connectivity index (χ1v) is 11.6. The second-order valence-corrected chi connectivity index (χ2v) is 8.60. The van der Waals surface area contributed by atoms with Crippen molar-refractivity contribution in [3.8, 4) is 0 Å². The van der Waals surface area contributed by atoms with Gasteiger partial charge in [-0.25, -0.2) is 23.4 Å². The fraction of sp³-hybridized carbons (Fsp3) is 0.125. The minimum Gasteiger partial charge on any atom is -0.452 e. The predicted octanol–water partition coefficient (Wildman–Crippen LogP) is 2.71. The van der Waals surface area contributed by atoms with Gasteiger partial charge in [-0.15, -0.1) is 0 Å². The van der Waals surface area contributed by atoms with Crippen molar-refractivity contribution in [2.45, 2.75) is 11.8 Å². The van der Waals surface area contributed by atoms with E-state index in [1.807, 2.05) is 60.7 Å². The van der Waals surface area contributed by atoms with Gasteiger partial charge in [-0.05, 0) is 18.2 Å². The molecule has 0 radical (unpaired) electrons. The molecule has 0 heterocycles. The maximum absolute atomic E-state index is 12.3. The fourth-order valence-electron chi connectivity index (χ4n) is 2.92. The molecule has 0 bridgehead atoms. The summed E-state index contributed by atoms with van der Waals surface area (Å²) in [5.41, 5.74) is 4.58. The minimum absolute atomic E-state index is 0.0135. The number of hydrogen-bond acceptors (Lipinski definition) is 6. The first-order valence-electron chi connectivity index (χ1n) is 10.1. The summed E-state index contributed by atoms with van der Waals surface area (Å²) in [6.07, 6.45) is 0. The van der Waals surface area contributed by atoms with Crippen LogP contribution in [0.1, 0.15) is 28.4 Å². The topological polar surface area (TPSA) is 114 Å². The number of esters is 1. The Balaban J connectivity index is 1.67. The molecule has 3 aromatic rings. The van der Waals surface area contributed by atoms with Crippen molar-refractivity contribution in [3.05, 3.63) is 102 Å². The molecular weight excluding hydrogens is 442 g/mol. The molecule has 9 heteroatoms.